The molecule has 0 aliphatic carbocycles. The first kappa shape index (κ1) is 20.3. The van der Waals surface area contributed by atoms with Gasteiger partial charge in [-0.05, 0) is 47.9 Å². The van der Waals surface area contributed by atoms with Crippen LogP contribution in [0.25, 0.3) is 0 Å². The van der Waals surface area contributed by atoms with Gasteiger partial charge in [0.2, 0.25) is 0 Å². The summed E-state index contributed by atoms with van der Waals surface area (Å²) < 4.78 is 41.6. The second-order valence-electron chi connectivity index (χ2n) is 7.22. The predicted molar refractivity (Wildman–Crippen MR) is 109 cm³/mol. The highest BCUT2D eigenvalue weighted by Crippen LogP contribution is 2.36. The van der Waals surface area contributed by atoms with Crippen LogP contribution in [-0.4, -0.2) is 16.0 Å². The van der Waals surface area contributed by atoms with E-state index in [2.05, 4.69) is 15.5 Å². The van der Waals surface area contributed by atoms with Gasteiger partial charge in [0.05, 0.1) is 21.7 Å². The summed E-state index contributed by atoms with van der Waals surface area (Å²) in [6, 6.07) is 15.0. The summed E-state index contributed by atoms with van der Waals surface area (Å²) in [7, 11) is 0. The van der Waals surface area contributed by atoms with Crippen LogP contribution in [0.15, 0.2) is 60.8 Å². The first-order chi connectivity index (χ1) is 13.8. The lowest BCUT2D eigenvalue weighted by Crippen LogP contribution is -2.29. The fourth-order valence-corrected chi connectivity index (χ4v) is 4.26. The molecular formula is C22H19Cl2F3N2. The van der Waals surface area contributed by atoms with Crippen molar-refractivity contribution >= 4 is 23.2 Å². The Bertz CT molecular complexity index is 1010. The Morgan fingerprint density at radius 1 is 0.931 bits per heavy atom. The monoisotopic (exact) mass is 438 g/mol. The number of aromatic nitrogens is 1. The van der Waals surface area contributed by atoms with Crippen molar-refractivity contribution < 1.29 is 13.2 Å². The molecule has 4 rings (SSSR count). The first-order valence-corrected chi connectivity index (χ1v) is 10.1. The minimum atomic E-state index is -4.35. The number of rotatable bonds is 3. The third-order valence-electron chi connectivity index (χ3n) is 5.25. The maximum atomic E-state index is 13.1. The molecule has 0 radical (unpaired) electrons. The van der Waals surface area contributed by atoms with Gasteiger partial charge in [-0.25, -0.2) is 0 Å². The van der Waals surface area contributed by atoms with Crippen LogP contribution in [0, 0.1) is 0 Å². The largest absolute Gasteiger partial charge is 0.416 e. The van der Waals surface area contributed by atoms with Crippen LogP contribution in [0.1, 0.15) is 34.8 Å². The van der Waals surface area contributed by atoms with E-state index in [1.807, 2.05) is 24.4 Å². The number of hydrogen-bond donors (Lipinski definition) is 0. The summed E-state index contributed by atoms with van der Waals surface area (Å²) >= 11 is 12.4. The van der Waals surface area contributed by atoms with Crippen LogP contribution in [0.3, 0.4) is 0 Å². The summed E-state index contributed by atoms with van der Waals surface area (Å²) in [4.78, 5) is 2.20. The standard InChI is InChI=1S/C22H19Cl2F3N2/c23-18-8-7-16(13-19(18)24)21-20-6-2-9-28(20)10-3-11-29(21)14-15-4-1-5-17(12-15)22(25,26)27/h1-2,4-9,12-13,21H,3,10-11,14H2/t21-/m0/s1. The number of fused-ring (bicyclic) bond motifs is 1. The van der Waals surface area contributed by atoms with Crippen LogP contribution in [0.4, 0.5) is 13.2 Å². The molecule has 2 heterocycles. The predicted octanol–water partition coefficient (Wildman–Crippen LogP) is 6.81. The molecule has 0 N–H and O–H groups in total. The molecule has 0 fully saturated rings. The lowest BCUT2D eigenvalue weighted by Gasteiger charge is -2.31. The van der Waals surface area contributed by atoms with E-state index in [1.54, 1.807) is 12.1 Å². The molecule has 1 aromatic heterocycles. The minimum Gasteiger partial charge on any atom is -0.350 e. The number of hydrogen-bond acceptors (Lipinski definition) is 1. The number of aryl methyl sites for hydroxylation is 1. The van der Waals surface area contributed by atoms with Crippen molar-refractivity contribution in [3.05, 3.63) is 93.2 Å². The smallest absolute Gasteiger partial charge is 0.350 e. The maximum absolute atomic E-state index is 13.1. The highest BCUT2D eigenvalue weighted by Gasteiger charge is 2.31. The van der Waals surface area contributed by atoms with Crippen molar-refractivity contribution in [2.24, 2.45) is 0 Å². The molecule has 1 aliphatic heterocycles. The van der Waals surface area contributed by atoms with Gasteiger partial charge in [0, 0.05) is 31.5 Å². The quantitative estimate of drug-likeness (QED) is 0.435. The molecule has 2 nitrogen and oxygen atoms in total. The third-order valence-corrected chi connectivity index (χ3v) is 5.99. The van der Waals surface area contributed by atoms with Gasteiger partial charge < -0.3 is 4.57 Å². The average molecular weight is 439 g/mol. The molecule has 1 aliphatic rings. The van der Waals surface area contributed by atoms with Crippen molar-refractivity contribution in [2.75, 3.05) is 6.54 Å². The van der Waals surface area contributed by atoms with E-state index in [-0.39, 0.29) is 6.04 Å². The van der Waals surface area contributed by atoms with E-state index in [1.165, 1.54) is 12.1 Å². The number of halogens is 5. The molecular weight excluding hydrogens is 420 g/mol. The molecule has 1 atom stereocenters. The van der Waals surface area contributed by atoms with Gasteiger partial charge in [-0.3, -0.25) is 4.90 Å². The summed E-state index contributed by atoms with van der Waals surface area (Å²) in [5, 5.41) is 0.939. The van der Waals surface area contributed by atoms with E-state index >= 15 is 0 Å². The van der Waals surface area contributed by atoms with Crippen molar-refractivity contribution in [3.63, 3.8) is 0 Å². The number of alkyl halides is 3. The van der Waals surface area contributed by atoms with Gasteiger partial charge >= 0.3 is 6.18 Å². The lowest BCUT2D eigenvalue weighted by molar-refractivity contribution is -0.137. The first-order valence-electron chi connectivity index (χ1n) is 9.33. The summed E-state index contributed by atoms with van der Waals surface area (Å²) in [6.45, 7) is 2.02. The fraction of sp³-hybridized carbons (Fsp3) is 0.273. The molecule has 3 aromatic rings. The van der Waals surface area contributed by atoms with Crippen LogP contribution >= 0.6 is 23.2 Å². The molecule has 0 saturated heterocycles. The van der Waals surface area contributed by atoms with Crippen LogP contribution in [0.5, 0.6) is 0 Å². The summed E-state index contributed by atoms with van der Waals surface area (Å²) in [5.74, 6) is 0. The summed E-state index contributed by atoms with van der Waals surface area (Å²) in [5.41, 5.74) is 2.06. The number of benzene rings is 2. The van der Waals surface area contributed by atoms with E-state index in [0.29, 0.717) is 22.2 Å². The van der Waals surface area contributed by atoms with Crippen LogP contribution in [0.2, 0.25) is 10.0 Å². The summed E-state index contributed by atoms with van der Waals surface area (Å²) in [6.07, 6.45) is -1.42. The third kappa shape index (κ3) is 4.32. The van der Waals surface area contributed by atoms with Gasteiger partial charge in [0.25, 0.3) is 0 Å². The van der Waals surface area contributed by atoms with E-state index in [9.17, 15) is 13.2 Å². The van der Waals surface area contributed by atoms with E-state index in [4.69, 9.17) is 23.2 Å². The lowest BCUT2D eigenvalue weighted by atomic mass is 10.0. The Kier molecular flexibility index (Phi) is 5.65. The molecule has 0 unspecified atom stereocenters. The minimum absolute atomic E-state index is 0.128. The zero-order chi connectivity index (χ0) is 20.6. The van der Waals surface area contributed by atoms with Gasteiger partial charge in [-0.2, -0.15) is 13.2 Å². The number of nitrogens with zero attached hydrogens (tertiary/aromatic N) is 2. The Balaban J connectivity index is 1.73. The van der Waals surface area contributed by atoms with E-state index < -0.39 is 11.7 Å². The second-order valence-corrected chi connectivity index (χ2v) is 8.04. The van der Waals surface area contributed by atoms with E-state index in [0.717, 1.165) is 36.8 Å². The zero-order valence-electron chi connectivity index (χ0n) is 15.5. The molecule has 2 aromatic carbocycles. The molecule has 0 saturated carbocycles. The van der Waals surface area contributed by atoms with Gasteiger partial charge in [0.15, 0.2) is 0 Å². The second kappa shape index (κ2) is 8.05. The Morgan fingerprint density at radius 3 is 2.52 bits per heavy atom. The van der Waals surface area contributed by atoms with Gasteiger partial charge in [-0.15, -0.1) is 0 Å². The van der Waals surface area contributed by atoms with Crippen molar-refractivity contribution in [1.29, 1.82) is 0 Å². The van der Waals surface area contributed by atoms with Crippen LogP contribution in [-0.2, 0) is 19.3 Å². The molecule has 0 bridgehead atoms. The topological polar surface area (TPSA) is 8.17 Å². The molecule has 0 spiro atoms. The Hall–Kier alpha value is -1.95. The fourth-order valence-electron chi connectivity index (χ4n) is 3.95. The Labute approximate surface area is 177 Å². The normalized spacial score (nSPS) is 17.8. The van der Waals surface area contributed by atoms with Crippen molar-refractivity contribution in [3.8, 4) is 0 Å². The maximum Gasteiger partial charge on any atom is 0.416 e. The van der Waals surface area contributed by atoms with Gasteiger partial charge in [-0.1, -0.05) is 47.5 Å². The highest BCUT2D eigenvalue weighted by molar-refractivity contribution is 6.42. The Morgan fingerprint density at radius 2 is 1.76 bits per heavy atom. The molecule has 29 heavy (non-hydrogen) atoms. The van der Waals surface area contributed by atoms with Crippen molar-refractivity contribution in [2.45, 2.75) is 31.7 Å². The highest BCUT2D eigenvalue weighted by atomic mass is 35.5. The SMILES string of the molecule is FC(F)(F)c1cccc(CN2CCCn3cccc3[C@@H]2c2ccc(Cl)c(Cl)c2)c1. The van der Waals surface area contributed by atoms with Gasteiger partial charge in [0.1, 0.15) is 0 Å². The van der Waals surface area contributed by atoms with Crippen LogP contribution < -0.4 is 0 Å². The molecule has 152 valence electrons. The molecule has 0 amide bonds. The average Bonchev–Trinajstić information content (AvgIpc) is 3.05. The van der Waals surface area contributed by atoms with Crippen molar-refractivity contribution in [1.82, 2.24) is 9.47 Å². The molecule has 7 heteroatoms. The zero-order valence-corrected chi connectivity index (χ0v) is 17.0.